The standard InChI is InChI=1S/C23H29F5N2O4/c1-11(8-16(32)34-21(3,4)5)12(2)29-15(31)10-30-19-14(24)9-13(23(26,27)28)18(25)17(19)22(6,7)20(30)33/h9,11-12H,8,10H2,1-7H3,(H,29,31)/t11-,12+/m0/s1. The molecule has 0 unspecified atom stereocenters. The summed E-state index contributed by atoms with van der Waals surface area (Å²) in [5, 5.41) is 2.59. The van der Waals surface area contributed by atoms with E-state index in [0.29, 0.717) is 4.90 Å². The van der Waals surface area contributed by atoms with E-state index < -0.39 is 76.0 Å². The molecule has 0 fully saturated rings. The van der Waals surface area contributed by atoms with Gasteiger partial charge in [-0.1, -0.05) is 6.92 Å². The highest BCUT2D eigenvalue weighted by Gasteiger charge is 2.51. The fourth-order valence-corrected chi connectivity index (χ4v) is 3.76. The summed E-state index contributed by atoms with van der Waals surface area (Å²) in [6.07, 6.45) is -5.17. The van der Waals surface area contributed by atoms with Crippen molar-refractivity contribution < 1.29 is 41.1 Å². The van der Waals surface area contributed by atoms with Crippen molar-refractivity contribution in [2.45, 2.75) is 78.1 Å². The highest BCUT2D eigenvalue weighted by Crippen LogP contribution is 2.47. The summed E-state index contributed by atoms with van der Waals surface area (Å²) in [5.74, 6) is -5.69. The predicted octanol–water partition coefficient (Wildman–Crippen LogP) is 4.48. The Bertz CT molecular complexity index is 999. The van der Waals surface area contributed by atoms with Crippen LogP contribution in [0.5, 0.6) is 0 Å². The molecule has 34 heavy (non-hydrogen) atoms. The van der Waals surface area contributed by atoms with E-state index in [1.54, 1.807) is 34.6 Å². The van der Waals surface area contributed by atoms with Gasteiger partial charge in [-0.15, -0.1) is 0 Å². The van der Waals surface area contributed by atoms with E-state index in [4.69, 9.17) is 4.74 Å². The second-order valence-electron chi connectivity index (χ2n) is 10.1. The van der Waals surface area contributed by atoms with Crippen molar-refractivity contribution in [3.8, 4) is 0 Å². The minimum Gasteiger partial charge on any atom is -0.460 e. The number of nitrogens with zero attached hydrogens (tertiary/aromatic N) is 1. The second-order valence-corrected chi connectivity index (χ2v) is 10.1. The first-order valence-corrected chi connectivity index (χ1v) is 10.7. The van der Waals surface area contributed by atoms with Crippen LogP contribution in [0.25, 0.3) is 0 Å². The fraction of sp³-hybridized carbons (Fsp3) is 0.609. The Balaban J connectivity index is 2.23. The van der Waals surface area contributed by atoms with Crippen molar-refractivity contribution in [3.05, 3.63) is 28.8 Å². The van der Waals surface area contributed by atoms with Gasteiger partial charge >= 0.3 is 12.1 Å². The lowest BCUT2D eigenvalue weighted by Gasteiger charge is -2.25. The van der Waals surface area contributed by atoms with E-state index in [1.165, 1.54) is 13.8 Å². The summed E-state index contributed by atoms with van der Waals surface area (Å²) >= 11 is 0. The van der Waals surface area contributed by atoms with Crippen LogP contribution in [0.1, 0.15) is 66.0 Å². The zero-order valence-electron chi connectivity index (χ0n) is 20.1. The number of nitrogens with one attached hydrogen (secondary N) is 1. The number of halogens is 5. The van der Waals surface area contributed by atoms with Crippen LogP contribution in [-0.2, 0) is 30.7 Å². The molecule has 0 radical (unpaired) electrons. The van der Waals surface area contributed by atoms with Crippen LogP contribution in [0.15, 0.2) is 6.07 Å². The molecule has 0 aliphatic carbocycles. The molecule has 0 spiro atoms. The van der Waals surface area contributed by atoms with Crippen LogP contribution in [0.2, 0.25) is 0 Å². The lowest BCUT2D eigenvalue weighted by molar-refractivity contribution is -0.156. The molecule has 11 heteroatoms. The van der Waals surface area contributed by atoms with Crippen LogP contribution in [0.3, 0.4) is 0 Å². The van der Waals surface area contributed by atoms with E-state index in [0.717, 1.165) is 0 Å². The van der Waals surface area contributed by atoms with Crippen molar-refractivity contribution in [3.63, 3.8) is 0 Å². The monoisotopic (exact) mass is 492 g/mol. The number of alkyl halides is 3. The minimum atomic E-state index is -5.16. The molecule has 2 amide bonds. The Morgan fingerprint density at radius 1 is 1.15 bits per heavy atom. The number of esters is 1. The van der Waals surface area contributed by atoms with Gasteiger partial charge < -0.3 is 10.1 Å². The van der Waals surface area contributed by atoms with Gasteiger partial charge in [-0.3, -0.25) is 19.3 Å². The summed E-state index contributed by atoms with van der Waals surface area (Å²) in [6, 6.07) is -0.571. The Morgan fingerprint density at radius 3 is 2.21 bits per heavy atom. The first kappa shape index (κ1) is 27.5. The maximum Gasteiger partial charge on any atom is 0.419 e. The molecule has 6 nitrogen and oxygen atoms in total. The summed E-state index contributed by atoms with van der Waals surface area (Å²) < 4.78 is 74.2. The molecule has 1 aliphatic rings. The first-order chi connectivity index (χ1) is 15.3. The van der Waals surface area contributed by atoms with Gasteiger partial charge in [0.2, 0.25) is 11.8 Å². The minimum absolute atomic E-state index is 0.00269. The molecular formula is C23H29F5N2O4. The molecule has 1 N–H and O–H groups in total. The Labute approximate surface area is 194 Å². The summed E-state index contributed by atoms with van der Waals surface area (Å²) in [5.41, 5.74) is -5.75. The van der Waals surface area contributed by atoms with Crippen LogP contribution in [0.4, 0.5) is 27.6 Å². The van der Waals surface area contributed by atoms with Crippen molar-refractivity contribution in [1.29, 1.82) is 0 Å². The van der Waals surface area contributed by atoms with Gasteiger partial charge in [0.15, 0.2) is 0 Å². The summed E-state index contributed by atoms with van der Waals surface area (Å²) in [4.78, 5) is 38.1. The number of fused-ring (bicyclic) bond motifs is 1. The predicted molar refractivity (Wildman–Crippen MR) is 114 cm³/mol. The summed E-state index contributed by atoms with van der Waals surface area (Å²) in [6.45, 7) is 10.1. The van der Waals surface area contributed by atoms with E-state index in [1.807, 2.05) is 0 Å². The third kappa shape index (κ3) is 5.67. The largest absolute Gasteiger partial charge is 0.460 e. The van der Waals surface area contributed by atoms with Crippen LogP contribution in [0, 0.1) is 17.6 Å². The average Bonchev–Trinajstić information content (AvgIpc) is 2.83. The SMILES string of the molecule is C[C@@H](CC(=O)OC(C)(C)C)[C@@H](C)NC(=O)CN1C(=O)C(C)(C)c2c(F)c(C(F)(F)F)cc(F)c21. The summed E-state index contributed by atoms with van der Waals surface area (Å²) in [7, 11) is 0. The van der Waals surface area contributed by atoms with E-state index in [9.17, 15) is 36.3 Å². The van der Waals surface area contributed by atoms with Gasteiger partial charge in [0.25, 0.3) is 0 Å². The van der Waals surface area contributed by atoms with E-state index in [-0.39, 0.29) is 18.4 Å². The molecule has 0 saturated carbocycles. The number of hydrogen-bond donors (Lipinski definition) is 1. The number of ether oxygens (including phenoxy) is 1. The Hall–Kier alpha value is -2.72. The number of carbonyl (C=O) groups is 3. The molecular weight excluding hydrogens is 463 g/mol. The quantitative estimate of drug-likeness (QED) is 0.469. The van der Waals surface area contributed by atoms with Crippen LogP contribution < -0.4 is 10.2 Å². The Morgan fingerprint density at radius 2 is 1.71 bits per heavy atom. The molecule has 1 aliphatic heterocycles. The third-order valence-corrected chi connectivity index (χ3v) is 5.62. The highest BCUT2D eigenvalue weighted by atomic mass is 19.4. The number of benzene rings is 1. The van der Waals surface area contributed by atoms with Gasteiger partial charge in [-0.25, -0.2) is 8.78 Å². The van der Waals surface area contributed by atoms with Crippen molar-refractivity contribution in [2.24, 2.45) is 5.92 Å². The second kappa shape index (κ2) is 9.14. The number of hydrogen-bond acceptors (Lipinski definition) is 4. The lowest BCUT2D eigenvalue weighted by atomic mass is 9.84. The Kier molecular flexibility index (Phi) is 7.40. The van der Waals surface area contributed by atoms with Crippen LogP contribution >= 0.6 is 0 Å². The van der Waals surface area contributed by atoms with Gasteiger partial charge in [-0.2, -0.15) is 13.2 Å². The molecule has 2 rings (SSSR count). The first-order valence-electron chi connectivity index (χ1n) is 10.7. The van der Waals surface area contributed by atoms with Crippen molar-refractivity contribution >= 4 is 23.5 Å². The zero-order chi connectivity index (χ0) is 26.4. The number of anilines is 1. The third-order valence-electron chi connectivity index (χ3n) is 5.62. The van der Waals surface area contributed by atoms with Crippen LogP contribution in [-0.4, -0.2) is 36.0 Å². The molecule has 1 heterocycles. The highest BCUT2D eigenvalue weighted by molar-refractivity contribution is 6.10. The van der Waals surface area contributed by atoms with Crippen molar-refractivity contribution in [1.82, 2.24) is 5.32 Å². The topological polar surface area (TPSA) is 75.7 Å². The number of carbonyl (C=O) groups excluding carboxylic acids is 3. The van der Waals surface area contributed by atoms with Gasteiger partial charge in [-0.05, 0) is 53.5 Å². The zero-order valence-corrected chi connectivity index (χ0v) is 20.1. The van der Waals surface area contributed by atoms with E-state index >= 15 is 0 Å². The smallest absolute Gasteiger partial charge is 0.419 e. The maximum absolute atomic E-state index is 14.8. The number of amides is 2. The molecule has 190 valence electrons. The molecule has 1 aromatic carbocycles. The van der Waals surface area contributed by atoms with Crippen molar-refractivity contribution in [2.75, 3.05) is 11.4 Å². The maximum atomic E-state index is 14.8. The van der Waals surface area contributed by atoms with Gasteiger partial charge in [0.05, 0.1) is 23.1 Å². The van der Waals surface area contributed by atoms with E-state index in [2.05, 4.69) is 5.32 Å². The molecule has 0 saturated heterocycles. The van der Waals surface area contributed by atoms with Gasteiger partial charge in [0, 0.05) is 11.6 Å². The average molecular weight is 492 g/mol. The fourth-order valence-electron chi connectivity index (χ4n) is 3.76. The molecule has 0 aromatic heterocycles. The lowest BCUT2D eigenvalue weighted by Crippen LogP contribution is -2.46. The normalized spacial score (nSPS) is 17.3. The molecule has 1 aromatic rings. The van der Waals surface area contributed by atoms with Gasteiger partial charge in [0.1, 0.15) is 23.8 Å². The number of rotatable bonds is 6. The molecule has 2 atom stereocenters. The molecule has 0 bridgehead atoms.